The highest BCUT2D eigenvalue weighted by Gasteiger charge is 3.00. The number of nitrogens with zero attached hydrogens (tertiary/aromatic N) is 4. The minimum Gasteiger partial charge on any atom is -0.311 e. The van der Waals surface area contributed by atoms with Crippen molar-refractivity contribution in [2.45, 2.75) is 143 Å². The molecule has 4 aromatic carbocycles. The van der Waals surface area contributed by atoms with Crippen LogP contribution in [0, 0.1) is 17.8 Å². The third-order valence-corrected chi connectivity index (χ3v) is 14.5. The number of allylic oxidation sites excluding steroid dienone is 1. The van der Waals surface area contributed by atoms with Gasteiger partial charge in [-0.2, -0.15) is 0 Å². The Hall–Kier alpha value is -4.05. The second-order valence-electron chi connectivity index (χ2n) is 20.0. The predicted molar refractivity (Wildman–Crippen MR) is 228 cm³/mol. The summed E-state index contributed by atoms with van der Waals surface area (Å²) in [4.78, 5) is 8.47. The Labute approximate surface area is 324 Å². The van der Waals surface area contributed by atoms with Crippen LogP contribution in [-0.2, 0) is 23.7 Å². The van der Waals surface area contributed by atoms with Crippen molar-refractivity contribution >= 4 is 39.8 Å². The monoisotopic (exact) mass is 718 g/mol. The van der Waals surface area contributed by atoms with Gasteiger partial charge in [-0.15, -0.1) is 0 Å². The molecular formula is C50H62N4+2. The summed E-state index contributed by atoms with van der Waals surface area (Å²) in [6.07, 6.45) is 9.48. The Bertz CT molecular complexity index is 2390. The van der Waals surface area contributed by atoms with Gasteiger partial charge >= 0.3 is 0 Å². The fourth-order valence-corrected chi connectivity index (χ4v) is 12.1. The van der Waals surface area contributed by atoms with Gasteiger partial charge in [-0.25, -0.2) is 9.15 Å². The maximum absolute atomic E-state index is 5.70. The van der Waals surface area contributed by atoms with Crippen LogP contribution in [0.1, 0.15) is 129 Å². The molecular weight excluding hydrogens is 657 g/mol. The molecule has 280 valence electrons. The highest BCUT2D eigenvalue weighted by Crippen LogP contribution is 2.75. The Morgan fingerprint density at radius 2 is 1.56 bits per heavy atom. The Balaban J connectivity index is 1.37. The van der Waals surface area contributed by atoms with Gasteiger partial charge in [-0.1, -0.05) is 108 Å². The summed E-state index contributed by atoms with van der Waals surface area (Å²) >= 11 is 0. The summed E-state index contributed by atoms with van der Waals surface area (Å²) < 4.78 is 5.50. The summed E-state index contributed by atoms with van der Waals surface area (Å²) in [5, 5.41) is 5.62. The highest BCUT2D eigenvalue weighted by molar-refractivity contribution is 6.11. The minimum atomic E-state index is -0.341. The maximum atomic E-state index is 5.70. The van der Waals surface area contributed by atoms with Crippen LogP contribution in [0.15, 0.2) is 77.4 Å². The molecule has 9 rings (SSSR count). The average Bonchev–Trinajstić information content (AvgIpc) is 3.35. The van der Waals surface area contributed by atoms with Crippen molar-refractivity contribution in [2.24, 2.45) is 22.7 Å². The van der Waals surface area contributed by atoms with E-state index in [9.17, 15) is 0 Å². The van der Waals surface area contributed by atoms with Crippen molar-refractivity contribution in [3.8, 4) is 0 Å². The topological polar surface area (TPSA) is 21.6 Å². The zero-order chi connectivity index (χ0) is 38.4. The lowest BCUT2D eigenvalue weighted by molar-refractivity contribution is -0.662. The van der Waals surface area contributed by atoms with Gasteiger partial charge < -0.3 is 4.90 Å². The van der Waals surface area contributed by atoms with E-state index in [2.05, 4.69) is 183 Å². The SMILES string of the molecule is CC(C)Cc1cccc2c3c(ccc12)CC1C2=[N+](C=NC31)C1(C)C(C)(c3c2cc(C(C)(C)C)c2ccccc32)C12N(C(C)C)C=C(C(C)C)C=[N+]2C(C)C. The lowest BCUT2D eigenvalue weighted by Crippen LogP contribution is -2.59. The standard InChI is InChI=1S/C50H62N4/c1-29(2)23-33-17-16-20-38-36(33)22-21-34-24-41-45(43(34)38)51-28-54-46(41)40-25-42(47(9,10)11)37-18-14-15-19-39(37)44(40)48(12)49(54,13)50(48)52(31(5)6)26-35(30(3)4)27-53(50)32(7)8/h14-22,25-32,41,45H,23-24H2,1-13H3/q+2. The Morgan fingerprint density at radius 3 is 2.20 bits per heavy atom. The smallest absolute Gasteiger partial charge is 0.297 e. The first kappa shape index (κ1) is 35.6. The van der Waals surface area contributed by atoms with Crippen molar-refractivity contribution in [3.63, 3.8) is 0 Å². The molecule has 1 fully saturated rings. The molecule has 0 amide bonds. The molecule has 54 heavy (non-hydrogen) atoms. The lowest BCUT2D eigenvalue weighted by Gasteiger charge is -2.39. The van der Waals surface area contributed by atoms with Gasteiger partial charge in [0.25, 0.3) is 12.0 Å². The lowest BCUT2D eigenvalue weighted by atomic mass is 9.72. The van der Waals surface area contributed by atoms with Crippen molar-refractivity contribution in [1.82, 2.24) is 4.90 Å². The number of rotatable bonds is 5. The highest BCUT2D eigenvalue weighted by atomic mass is 15.5. The van der Waals surface area contributed by atoms with Gasteiger partial charge in [0.15, 0.2) is 12.3 Å². The fourth-order valence-electron chi connectivity index (χ4n) is 12.1. The van der Waals surface area contributed by atoms with Crippen LogP contribution in [-0.4, -0.2) is 55.6 Å². The van der Waals surface area contributed by atoms with Crippen LogP contribution in [0.4, 0.5) is 0 Å². The number of hydrogen-bond acceptors (Lipinski definition) is 2. The van der Waals surface area contributed by atoms with Gasteiger partial charge in [-0.3, -0.25) is 0 Å². The molecule has 5 aliphatic rings. The molecule has 4 heteroatoms. The van der Waals surface area contributed by atoms with E-state index in [0.717, 1.165) is 12.8 Å². The summed E-state index contributed by atoms with van der Waals surface area (Å²) in [6.45, 7) is 31.3. The van der Waals surface area contributed by atoms with Gasteiger partial charge in [0.05, 0.1) is 5.92 Å². The maximum Gasteiger partial charge on any atom is 0.297 e. The van der Waals surface area contributed by atoms with Gasteiger partial charge in [0.1, 0.15) is 17.2 Å². The fraction of sp³-hybridized carbons (Fsp3) is 0.500. The van der Waals surface area contributed by atoms with Crippen LogP contribution < -0.4 is 0 Å². The average molecular weight is 719 g/mol. The van der Waals surface area contributed by atoms with Crippen LogP contribution in [0.5, 0.6) is 0 Å². The molecule has 3 aliphatic heterocycles. The van der Waals surface area contributed by atoms with Gasteiger partial charge in [-0.05, 0) is 121 Å². The molecule has 5 atom stereocenters. The largest absolute Gasteiger partial charge is 0.311 e. The number of benzene rings is 4. The molecule has 5 unspecified atom stereocenters. The van der Waals surface area contributed by atoms with E-state index in [0.29, 0.717) is 23.9 Å². The molecule has 2 aliphatic carbocycles. The summed E-state index contributed by atoms with van der Waals surface area (Å²) in [6, 6.07) is 24.6. The van der Waals surface area contributed by atoms with E-state index in [-0.39, 0.29) is 34.0 Å². The van der Waals surface area contributed by atoms with Crippen molar-refractivity contribution in [1.29, 1.82) is 0 Å². The third kappa shape index (κ3) is 4.24. The first-order chi connectivity index (χ1) is 25.5. The molecule has 1 spiro atoms. The predicted octanol–water partition coefficient (Wildman–Crippen LogP) is 10.7. The molecule has 1 saturated carbocycles. The van der Waals surface area contributed by atoms with E-state index in [1.807, 2.05) is 0 Å². The van der Waals surface area contributed by atoms with E-state index >= 15 is 0 Å². The Morgan fingerprint density at radius 1 is 0.852 bits per heavy atom. The molecule has 4 nitrogen and oxygen atoms in total. The minimum absolute atomic E-state index is 0.0197. The van der Waals surface area contributed by atoms with Crippen LogP contribution in [0.3, 0.4) is 0 Å². The molecule has 0 bridgehead atoms. The number of fused-ring (bicyclic) bond motifs is 15. The summed E-state index contributed by atoms with van der Waals surface area (Å²) in [7, 11) is 0. The normalized spacial score (nSPS) is 28.3. The van der Waals surface area contributed by atoms with Crippen molar-refractivity contribution in [3.05, 3.63) is 106 Å². The first-order valence-corrected chi connectivity index (χ1v) is 20.9. The molecule has 0 radical (unpaired) electrons. The first-order valence-electron chi connectivity index (χ1n) is 20.9. The van der Waals surface area contributed by atoms with Gasteiger partial charge in [0.2, 0.25) is 5.54 Å². The van der Waals surface area contributed by atoms with E-state index in [4.69, 9.17) is 4.99 Å². The van der Waals surface area contributed by atoms with Crippen LogP contribution in [0.2, 0.25) is 0 Å². The van der Waals surface area contributed by atoms with E-state index < -0.39 is 0 Å². The summed E-state index contributed by atoms with van der Waals surface area (Å²) in [5.41, 5.74) is 10.8. The van der Waals surface area contributed by atoms with Crippen molar-refractivity contribution in [2.75, 3.05) is 0 Å². The Kier molecular flexibility index (Phi) is 7.59. The molecule has 3 heterocycles. The van der Waals surface area contributed by atoms with Gasteiger partial charge in [0, 0.05) is 28.9 Å². The second kappa shape index (κ2) is 11.5. The third-order valence-electron chi connectivity index (χ3n) is 14.5. The molecule has 0 N–H and O–H groups in total. The van der Waals surface area contributed by atoms with Crippen molar-refractivity contribution < 1.29 is 9.15 Å². The van der Waals surface area contributed by atoms with E-state index in [1.165, 1.54) is 66.2 Å². The van der Waals surface area contributed by atoms with Crippen LogP contribution >= 0.6 is 0 Å². The molecule has 0 saturated heterocycles. The quantitative estimate of drug-likeness (QED) is 0.188. The number of hydrogen-bond donors (Lipinski definition) is 0. The van der Waals surface area contributed by atoms with Crippen LogP contribution in [0.25, 0.3) is 21.5 Å². The molecule has 0 aromatic heterocycles. The second-order valence-corrected chi connectivity index (χ2v) is 20.0. The zero-order valence-electron chi connectivity index (χ0n) is 35.2. The molecule has 4 aromatic rings. The van der Waals surface area contributed by atoms with E-state index in [1.54, 1.807) is 0 Å². The number of aliphatic imine (C=N–C) groups is 1. The zero-order valence-corrected chi connectivity index (χ0v) is 35.2. The summed E-state index contributed by atoms with van der Waals surface area (Å²) in [5.74, 6) is 1.30.